The van der Waals surface area contributed by atoms with Crippen LogP contribution in [-0.2, 0) is 6.42 Å². The van der Waals surface area contributed by atoms with Crippen LogP contribution in [-0.4, -0.2) is 17.3 Å². The number of rotatable bonds is 4. The summed E-state index contributed by atoms with van der Waals surface area (Å²) >= 11 is 4.29. The van der Waals surface area contributed by atoms with Gasteiger partial charge in [-0.05, 0) is 80.5 Å². The zero-order valence-corrected chi connectivity index (χ0v) is 17.6. The SMILES string of the molecule is CCCCc1c(C)c(N)c(C)c(S)c1O.CNc1cc(C)c(O)cc1C. The quantitative estimate of drug-likeness (QED) is 0.286. The van der Waals surface area contributed by atoms with E-state index in [9.17, 15) is 10.2 Å². The van der Waals surface area contributed by atoms with Crippen LogP contribution in [0.15, 0.2) is 17.0 Å². The number of benzene rings is 2. The van der Waals surface area contributed by atoms with Gasteiger partial charge in [-0.2, -0.15) is 0 Å². The fraction of sp³-hybridized carbons (Fsp3) is 0.429. The van der Waals surface area contributed by atoms with Crippen molar-refractivity contribution in [1.82, 2.24) is 0 Å². The number of nitrogens with two attached hydrogens (primary N) is 1. The van der Waals surface area contributed by atoms with Gasteiger partial charge in [0, 0.05) is 18.4 Å². The molecule has 5 heteroatoms. The molecule has 0 aromatic heterocycles. The Bertz CT molecular complexity index is 744. The first kappa shape index (κ1) is 22.0. The first-order valence-corrected chi connectivity index (χ1v) is 9.37. The third-order valence-electron chi connectivity index (χ3n) is 4.72. The van der Waals surface area contributed by atoms with Gasteiger partial charge in [-0.25, -0.2) is 0 Å². The van der Waals surface area contributed by atoms with Gasteiger partial charge in [-0.3, -0.25) is 0 Å². The van der Waals surface area contributed by atoms with Gasteiger partial charge in [0.2, 0.25) is 0 Å². The van der Waals surface area contributed by atoms with Crippen LogP contribution in [0, 0.1) is 27.7 Å². The first-order chi connectivity index (χ1) is 12.1. The third kappa shape index (κ3) is 5.01. The molecule has 0 aliphatic carbocycles. The average molecular weight is 377 g/mol. The number of nitrogen functional groups attached to an aromatic ring is 1. The maximum atomic E-state index is 9.98. The average Bonchev–Trinajstić information content (AvgIpc) is 2.62. The van der Waals surface area contributed by atoms with Crippen molar-refractivity contribution in [2.45, 2.75) is 58.8 Å². The highest BCUT2D eigenvalue weighted by Gasteiger charge is 2.14. The van der Waals surface area contributed by atoms with E-state index in [2.05, 4.69) is 24.9 Å². The van der Waals surface area contributed by atoms with Crippen molar-refractivity contribution >= 4 is 24.0 Å². The third-order valence-corrected chi connectivity index (χ3v) is 5.27. The van der Waals surface area contributed by atoms with Crippen LogP contribution in [0.25, 0.3) is 0 Å². The van der Waals surface area contributed by atoms with Gasteiger partial charge >= 0.3 is 0 Å². The molecule has 0 saturated carbocycles. The van der Waals surface area contributed by atoms with Crippen LogP contribution >= 0.6 is 12.6 Å². The Morgan fingerprint density at radius 3 is 2.19 bits per heavy atom. The zero-order valence-electron chi connectivity index (χ0n) is 16.7. The Hall–Kier alpha value is -2.01. The summed E-state index contributed by atoms with van der Waals surface area (Å²) in [6.07, 6.45) is 3.03. The number of thiol groups is 1. The van der Waals surface area contributed by atoms with Crippen LogP contribution < -0.4 is 11.1 Å². The summed E-state index contributed by atoms with van der Waals surface area (Å²) in [4.78, 5) is 0.615. The lowest BCUT2D eigenvalue weighted by Gasteiger charge is -2.15. The zero-order chi connectivity index (χ0) is 20.0. The first-order valence-electron chi connectivity index (χ1n) is 8.92. The van der Waals surface area contributed by atoms with Crippen molar-refractivity contribution in [3.8, 4) is 11.5 Å². The van der Waals surface area contributed by atoms with Crippen molar-refractivity contribution in [2.75, 3.05) is 18.1 Å². The van der Waals surface area contributed by atoms with Crippen molar-refractivity contribution < 1.29 is 10.2 Å². The molecule has 0 amide bonds. The molecule has 0 unspecified atom stereocenters. The molecule has 2 aromatic rings. The molecule has 144 valence electrons. The summed E-state index contributed by atoms with van der Waals surface area (Å²) in [5.41, 5.74) is 12.6. The summed E-state index contributed by atoms with van der Waals surface area (Å²) in [5, 5.41) is 22.3. The molecular formula is C21H32N2O2S. The molecule has 4 nitrogen and oxygen atoms in total. The molecule has 5 N–H and O–H groups in total. The van der Waals surface area contributed by atoms with E-state index < -0.39 is 0 Å². The topological polar surface area (TPSA) is 78.5 Å². The van der Waals surface area contributed by atoms with Gasteiger partial charge in [-0.15, -0.1) is 12.6 Å². The van der Waals surface area contributed by atoms with Gasteiger partial charge in [0.15, 0.2) is 0 Å². The number of nitrogens with one attached hydrogen (secondary N) is 1. The van der Waals surface area contributed by atoms with Gasteiger partial charge in [0.25, 0.3) is 0 Å². The molecule has 0 saturated heterocycles. The van der Waals surface area contributed by atoms with Crippen molar-refractivity contribution in [2.24, 2.45) is 0 Å². The number of aryl methyl sites for hydroxylation is 2. The number of anilines is 2. The summed E-state index contributed by atoms with van der Waals surface area (Å²) in [6, 6.07) is 3.70. The van der Waals surface area contributed by atoms with Crippen molar-refractivity contribution in [3.63, 3.8) is 0 Å². The highest BCUT2D eigenvalue weighted by molar-refractivity contribution is 7.80. The van der Waals surface area contributed by atoms with E-state index in [1.165, 1.54) is 0 Å². The van der Waals surface area contributed by atoms with Crippen molar-refractivity contribution in [1.29, 1.82) is 0 Å². The Morgan fingerprint density at radius 1 is 1.04 bits per heavy atom. The number of phenolic OH excluding ortho intramolecular Hbond substituents is 2. The van der Waals surface area contributed by atoms with E-state index in [1.54, 1.807) is 6.07 Å². The summed E-state index contributed by atoms with van der Waals surface area (Å²) in [5.74, 6) is 0.664. The fourth-order valence-corrected chi connectivity index (χ4v) is 3.05. The van der Waals surface area contributed by atoms with Gasteiger partial charge in [0.1, 0.15) is 11.5 Å². The lowest BCUT2D eigenvalue weighted by molar-refractivity contribution is 0.452. The standard InChI is InChI=1S/C12H19NOS.C9H13NO/c1-4-5-6-9-7(2)10(13)8(3)12(15)11(9)14;1-6-5-9(11)7(2)4-8(6)10-3/h14-15H,4-6,13H2,1-3H3;4-5,10-11H,1-3H3. The highest BCUT2D eigenvalue weighted by Crippen LogP contribution is 2.37. The lowest BCUT2D eigenvalue weighted by Crippen LogP contribution is -2.01. The lowest BCUT2D eigenvalue weighted by atomic mass is 9.97. The van der Waals surface area contributed by atoms with Crippen molar-refractivity contribution in [3.05, 3.63) is 39.9 Å². The smallest absolute Gasteiger partial charge is 0.132 e. The van der Waals surface area contributed by atoms with Crippen LogP contribution in [0.4, 0.5) is 11.4 Å². The minimum absolute atomic E-state index is 0.302. The van der Waals surface area contributed by atoms with Gasteiger partial charge < -0.3 is 21.3 Å². The maximum absolute atomic E-state index is 9.98. The van der Waals surface area contributed by atoms with Gasteiger partial charge in [-0.1, -0.05) is 13.3 Å². The van der Waals surface area contributed by atoms with E-state index in [4.69, 9.17) is 5.73 Å². The summed E-state index contributed by atoms with van der Waals surface area (Å²) in [7, 11) is 1.87. The summed E-state index contributed by atoms with van der Waals surface area (Å²) in [6.45, 7) is 9.82. The number of phenols is 2. The largest absolute Gasteiger partial charge is 0.508 e. The predicted octanol–water partition coefficient (Wildman–Crippen LogP) is 5.27. The number of unbranched alkanes of at least 4 members (excludes halogenated alkanes) is 1. The van der Waals surface area contributed by atoms with E-state index >= 15 is 0 Å². The highest BCUT2D eigenvalue weighted by atomic mass is 32.1. The molecule has 26 heavy (non-hydrogen) atoms. The Balaban J connectivity index is 0.000000273. The molecule has 0 aliphatic rings. The van der Waals surface area contributed by atoms with E-state index in [0.29, 0.717) is 16.4 Å². The van der Waals surface area contributed by atoms with Crippen LogP contribution in [0.5, 0.6) is 11.5 Å². The molecule has 2 aromatic carbocycles. The normalized spacial score (nSPS) is 10.3. The number of aromatic hydroxyl groups is 2. The van der Waals surface area contributed by atoms with E-state index in [1.807, 2.05) is 40.8 Å². The molecule has 0 heterocycles. The van der Waals surface area contributed by atoms with Crippen LogP contribution in [0.3, 0.4) is 0 Å². The summed E-state index contributed by atoms with van der Waals surface area (Å²) < 4.78 is 0. The number of hydrogen-bond acceptors (Lipinski definition) is 5. The molecule has 2 rings (SSSR count). The molecule has 0 aliphatic heterocycles. The Morgan fingerprint density at radius 2 is 1.65 bits per heavy atom. The molecule has 0 bridgehead atoms. The molecule has 0 radical (unpaired) electrons. The molecule has 0 fully saturated rings. The monoisotopic (exact) mass is 376 g/mol. The second kappa shape index (κ2) is 9.62. The molecular weight excluding hydrogens is 344 g/mol. The Labute approximate surface area is 162 Å². The predicted molar refractivity (Wildman–Crippen MR) is 115 cm³/mol. The number of hydrogen-bond donors (Lipinski definition) is 5. The van der Waals surface area contributed by atoms with E-state index in [0.717, 1.165) is 58.5 Å². The fourth-order valence-electron chi connectivity index (χ4n) is 2.80. The minimum Gasteiger partial charge on any atom is -0.508 e. The molecule has 0 atom stereocenters. The second-order valence-electron chi connectivity index (χ2n) is 6.65. The minimum atomic E-state index is 0.302. The van der Waals surface area contributed by atoms with Gasteiger partial charge in [0.05, 0.1) is 4.90 Å². The Kier molecular flexibility index (Phi) is 8.15. The maximum Gasteiger partial charge on any atom is 0.132 e. The van der Waals surface area contributed by atoms with E-state index in [-0.39, 0.29) is 0 Å². The van der Waals surface area contributed by atoms with Crippen LogP contribution in [0.2, 0.25) is 0 Å². The van der Waals surface area contributed by atoms with Crippen LogP contribution in [0.1, 0.15) is 47.6 Å². The second-order valence-corrected chi connectivity index (χ2v) is 7.09. The molecule has 0 spiro atoms.